The van der Waals surface area contributed by atoms with E-state index in [1.807, 2.05) is 0 Å². The van der Waals surface area contributed by atoms with Crippen molar-refractivity contribution in [1.29, 1.82) is 0 Å². The topological polar surface area (TPSA) is 67.2 Å². The summed E-state index contributed by atoms with van der Waals surface area (Å²) in [6.45, 7) is 7.59. The number of halogens is 1. The van der Waals surface area contributed by atoms with Crippen molar-refractivity contribution in [1.82, 2.24) is 10.6 Å². The van der Waals surface area contributed by atoms with E-state index in [1.165, 1.54) is 6.42 Å². The summed E-state index contributed by atoms with van der Waals surface area (Å²) in [5.41, 5.74) is 5.63. The number of carbonyl (C=O) groups excluding carboxylic acids is 1. The third-order valence-corrected chi connectivity index (χ3v) is 6.34. The number of nitrogens with two attached hydrogens (primary N) is 1. The lowest BCUT2D eigenvalue weighted by Gasteiger charge is -2.38. The maximum atomic E-state index is 13.8. The summed E-state index contributed by atoms with van der Waals surface area (Å²) in [4.78, 5) is 10.6. The summed E-state index contributed by atoms with van der Waals surface area (Å²) in [5.74, 6) is 2.16. The van der Waals surface area contributed by atoms with Crippen LogP contribution >= 0.6 is 0 Å². The standard InChI is InChI=1S/C19H36FN3O/c1-12(4-5-14(3)23-18(21)11-24)16-8-9-22-19(16)15-6-7-17(20)13(2)10-15/h11-19,22-23H,4-10,21H2,1-3H3. The number of carbonyl (C=O) groups is 1. The predicted molar refractivity (Wildman–Crippen MR) is 96.3 cm³/mol. The van der Waals surface area contributed by atoms with E-state index in [2.05, 4.69) is 31.4 Å². The normalized spacial score (nSPS) is 37.8. The number of aldehydes is 1. The van der Waals surface area contributed by atoms with Gasteiger partial charge in [0.2, 0.25) is 0 Å². The van der Waals surface area contributed by atoms with Crippen molar-refractivity contribution in [3.8, 4) is 0 Å². The molecule has 2 rings (SSSR count). The minimum absolute atomic E-state index is 0.205. The van der Waals surface area contributed by atoms with Crippen molar-refractivity contribution in [3.63, 3.8) is 0 Å². The van der Waals surface area contributed by atoms with Gasteiger partial charge in [0.1, 0.15) is 12.3 Å². The molecule has 0 aromatic carbocycles. The van der Waals surface area contributed by atoms with Crippen LogP contribution in [0.25, 0.3) is 0 Å². The number of hydrogen-bond donors (Lipinski definition) is 3. The zero-order valence-electron chi connectivity index (χ0n) is 15.5. The van der Waals surface area contributed by atoms with Gasteiger partial charge in [0.05, 0.1) is 0 Å². The van der Waals surface area contributed by atoms with Gasteiger partial charge in [-0.25, -0.2) is 4.39 Å². The van der Waals surface area contributed by atoms with E-state index in [9.17, 15) is 9.18 Å². The van der Waals surface area contributed by atoms with Gasteiger partial charge < -0.3 is 15.8 Å². The van der Waals surface area contributed by atoms with E-state index >= 15 is 0 Å². The van der Waals surface area contributed by atoms with E-state index in [4.69, 9.17) is 5.73 Å². The van der Waals surface area contributed by atoms with E-state index in [0.717, 1.165) is 44.9 Å². The van der Waals surface area contributed by atoms with Crippen molar-refractivity contribution < 1.29 is 9.18 Å². The quantitative estimate of drug-likeness (QED) is 0.469. The van der Waals surface area contributed by atoms with Crippen LogP contribution in [0.2, 0.25) is 0 Å². The molecule has 0 amide bonds. The Kier molecular flexibility index (Phi) is 7.63. The molecule has 1 aliphatic carbocycles. The molecule has 0 bridgehead atoms. The summed E-state index contributed by atoms with van der Waals surface area (Å²) in [7, 11) is 0. The van der Waals surface area contributed by atoms with Crippen molar-refractivity contribution in [2.24, 2.45) is 29.4 Å². The van der Waals surface area contributed by atoms with Gasteiger partial charge in [-0.3, -0.25) is 5.32 Å². The highest BCUT2D eigenvalue weighted by Gasteiger charge is 2.39. The SMILES string of the molecule is CC(CCC(C)C1CCNC1C1CCC(F)C(C)C1)NC(N)C=O. The molecular weight excluding hydrogens is 305 g/mol. The van der Waals surface area contributed by atoms with Gasteiger partial charge in [0.25, 0.3) is 0 Å². The maximum Gasteiger partial charge on any atom is 0.151 e. The first kappa shape index (κ1) is 19.8. The second-order valence-corrected chi connectivity index (χ2v) is 8.28. The van der Waals surface area contributed by atoms with Gasteiger partial charge >= 0.3 is 0 Å². The lowest BCUT2D eigenvalue weighted by Crippen LogP contribution is -2.44. The fourth-order valence-electron chi connectivity index (χ4n) is 4.81. The molecule has 1 aliphatic heterocycles. The van der Waals surface area contributed by atoms with Crippen LogP contribution < -0.4 is 16.4 Å². The summed E-state index contributed by atoms with van der Waals surface area (Å²) in [5, 5.41) is 6.83. The highest BCUT2D eigenvalue weighted by atomic mass is 19.1. The monoisotopic (exact) mass is 341 g/mol. The fourth-order valence-corrected chi connectivity index (χ4v) is 4.81. The minimum atomic E-state index is -0.604. The van der Waals surface area contributed by atoms with Crippen LogP contribution in [0.3, 0.4) is 0 Å². The predicted octanol–water partition coefficient (Wildman–Crippen LogP) is 2.62. The van der Waals surface area contributed by atoms with E-state index in [0.29, 0.717) is 23.8 Å². The summed E-state index contributed by atoms with van der Waals surface area (Å²) in [6.07, 6.45) is 5.75. The third kappa shape index (κ3) is 5.24. The average molecular weight is 342 g/mol. The van der Waals surface area contributed by atoms with Gasteiger partial charge in [0.15, 0.2) is 6.29 Å². The highest BCUT2D eigenvalue weighted by Crippen LogP contribution is 2.40. The lowest BCUT2D eigenvalue weighted by atomic mass is 9.71. The Labute approximate surface area is 146 Å². The highest BCUT2D eigenvalue weighted by molar-refractivity contribution is 5.56. The Hall–Kier alpha value is -0.520. The van der Waals surface area contributed by atoms with E-state index < -0.39 is 12.3 Å². The maximum absolute atomic E-state index is 13.8. The number of rotatable bonds is 8. The molecule has 0 spiro atoms. The molecule has 0 radical (unpaired) electrons. The first-order valence-corrected chi connectivity index (χ1v) is 9.76. The van der Waals surface area contributed by atoms with Crippen LogP contribution in [0.1, 0.15) is 59.3 Å². The molecule has 5 heteroatoms. The second kappa shape index (κ2) is 9.25. The largest absolute Gasteiger partial charge is 0.313 e. The third-order valence-electron chi connectivity index (χ3n) is 6.34. The van der Waals surface area contributed by atoms with Crippen molar-refractivity contribution in [2.45, 2.75) is 83.7 Å². The van der Waals surface area contributed by atoms with Crippen LogP contribution in [0.4, 0.5) is 4.39 Å². The smallest absolute Gasteiger partial charge is 0.151 e. The number of nitrogens with one attached hydrogen (secondary N) is 2. The molecule has 24 heavy (non-hydrogen) atoms. The Bertz CT molecular complexity index is 395. The first-order chi connectivity index (χ1) is 11.4. The second-order valence-electron chi connectivity index (χ2n) is 8.28. The van der Waals surface area contributed by atoms with Crippen LogP contribution in [0.5, 0.6) is 0 Å². The van der Waals surface area contributed by atoms with Crippen LogP contribution in [0, 0.1) is 23.7 Å². The molecule has 0 aromatic rings. The molecule has 8 unspecified atom stereocenters. The number of hydrogen-bond acceptors (Lipinski definition) is 4. The summed E-state index contributed by atoms with van der Waals surface area (Å²) >= 11 is 0. The van der Waals surface area contributed by atoms with E-state index in [-0.39, 0.29) is 12.0 Å². The molecule has 0 aromatic heterocycles. The van der Waals surface area contributed by atoms with Gasteiger partial charge in [-0.05, 0) is 75.7 Å². The zero-order chi connectivity index (χ0) is 17.7. The number of alkyl halides is 1. The molecule has 4 nitrogen and oxygen atoms in total. The van der Waals surface area contributed by atoms with Gasteiger partial charge in [-0.2, -0.15) is 0 Å². The van der Waals surface area contributed by atoms with Crippen molar-refractivity contribution in [2.75, 3.05) is 6.54 Å². The first-order valence-electron chi connectivity index (χ1n) is 9.76. The van der Waals surface area contributed by atoms with Crippen molar-refractivity contribution >= 4 is 6.29 Å². The minimum Gasteiger partial charge on any atom is -0.313 e. The Morgan fingerprint density at radius 1 is 1.29 bits per heavy atom. The summed E-state index contributed by atoms with van der Waals surface area (Å²) in [6, 6.07) is 0.804. The van der Waals surface area contributed by atoms with Crippen molar-refractivity contribution in [3.05, 3.63) is 0 Å². The average Bonchev–Trinajstić information content (AvgIpc) is 3.04. The van der Waals surface area contributed by atoms with Crippen LogP contribution in [0.15, 0.2) is 0 Å². The molecule has 1 heterocycles. The van der Waals surface area contributed by atoms with Gasteiger partial charge in [0, 0.05) is 12.1 Å². The lowest BCUT2D eigenvalue weighted by molar-refractivity contribution is -0.109. The molecular formula is C19H36FN3O. The summed E-state index contributed by atoms with van der Waals surface area (Å²) < 4.78 is 13.8. The fraction of sp³-hybridized carbons (Fsp3) is 0.947. The molecule has 140 valence electrons. The van der Waals surface area contributed by atoms with Crippen LogP contribution in [-0.4, -0.2) is 37.3 Å². The van der Waals surface area contributed by atoms with Crippen LogP contribution in [-0.2, 0) is 4.79 Å². The Morgan fingerprint density at radius 2 is 2.04 bits per heavy atom. The van der Waals surface area contributed by atoms with Gasteiger partial charge in [-0.1, -0.05) is 13.8 Å². The molecule has 1 saturated heterocycles. The molecule has 2 aliphatic rings. The Balaban J connectivity index is 1.82. The van der Waals surface area contributed by atoms with E-state index in [1.54, 1.807) is 0 Å². The van der Waals surface area contributed by atoms with Gasteiger partial charge in [-0.15, -0.1) is 0 Å². The Morgan fingerprint density at radius 3 is 2.71 bits per heavy atom. The zero-order valence-corrected chi connectivity index (χ0v) is 15.5. The molecule has 4 N–H and O–H groups in total. The molecule has 1 saturated carbocycles. The molecule has 8 atom stereocenters. The molecule has 2 fully saturated rings.